The van der Waals surface area contributed by atoms with Gasteiger partial charge in [-0.2, -0.15) is 0 Å². The number of carbonyl (C=O) groups is 3. The molecule has 1 saturated heterocycles. The normalized spacial score (nSPS) is 30.4. The first-order valence-corrected chi connectivity index (χ1v) is 7.31. The molecule has 2 aliphatic rings. The number of imide groups is 1. The molecule has 1 unspecified atom stereocenters. The van der Waals surface area contributed by atoms with Gasteiger partial charge in [0.15, 0.2) is 0 Å². The second-order valence-corrected chi connectivity index (χ2v) is 6.08. The summed E-state index contributed by atoms with van der Waals surface area (Å²) in [5.41, 5.74) is 5.94. The van der Waals surface area contributed by atoms with Gasteiger partial charge >= 0.3 is 0 Å². The molecule has 6 nitrogen and oxygen atoms in total. The Balaban J connectivity index is 1.89. The predicted octanol–water partition coefficient (Wildman–Crippen LogP) is 0.156. The van der Waals surface area contributed by atoms with Crippen LogP contribution in [0.4, 0.5) is 0 Å². The fourth-order valence-corrected chi connectivity index (χ4v) is 3.12. The van der Waals surface area contributed by atoms with Crippen molar-refractivity contribution >= 4 is 17.7 Å². The number of carbonyl (C=O) groups excluding carboxylic acids is 3. The zero-order valence-electron chi connectivity index (χ0n) is 12.1. The molecule has 1 saturated carbocycles. The summed E-state index contributed by atoms with van der Waals surface area (Å²) in [4.78, 5) is 37.0. The van der Waals surface area contributed by atoms with Crippen LogP contribution in [0, 0.1) is 5.92 Å². The van der Waals surface area contributed by atoms with Crippen molar-refractivity contribution in [3.63, 3.8) is 0 Å². The number of amides is 3. The lowest BCUT2D eigenvalue weighted by atomic mass is 9.99. The molecular weight excluding hydrogens is 258 g/mol. The Labute approximate surface area is 119 Å². The first-order valence-electron chi connectivity index (χ1n) is 7.31. The monoisotopic (exact) mass is 281 g/mol. The van der Waals surface area contributed by atoms with E-state index in [0.29, 0.717) is 6.42 Å². The van der Waals surface area contributed by atoms with Gasteiger partial charge in [0.2, 0.25) is 11.8 Å². The van der Waals surface area contributed by atoms with E-state index in [1.807, 2.05) is 0 Å². The molecule has 20 heavy (non-hydrogen) atoms. The molecule has 0 spiro atoms. The lowest BCUT2D eigenvalue weighted by Gasteiger charge is -2.20. The third kappa shape index (κ3) is 3.00. The van der Waals surface area contributed by atoms with Crippen LogP contribution in [0.5, 0.6) is 0 Å². The van der Waals surface area contributed by atoms with Crippen molar-refractivity contribution in [2.24, 2.45) is 11.7 Å². The van der Waals surface area contributed by atoms with Crippen molar-refractivity contribution in [3.05, 3.63) is 0 Å². The van der Waals surface area contributed by atoms with Gasteiger partial charge in [-0.15, -0.1) is 0 Å². The Morgan fingerprint density at radius 1 is 1.40 bits per heavy atom. The zero-order chi connectivity index (χ0) is 14.9. The summed E-state index contributed by atoms with van der Waals surface area (Å²) in [5.74, 6) is -0.491. The Kier molecular flexibility index (Phi) is 4.42. The predicted molar refractivity (Wildman–Crippen MR) is 73.5 cm³/mol. The molecule has 0 aromatic carbocycles. The summed E-state index contributed by atoms with van der Waals surface area (Å²) in [6.07, 6.45) is 3.39. The van der Waals surface area contributed by atoms with E-state index in [-0.39, 0.29) is 42.1 Å². The van der Waals surface area contributed by atoms with Gasteiger partial charge in [0.1, 0.15) is 6.04 Å². The highest BCUT2D eigenvalue weighted by atomic mass is 16.2. The highest BCUT2D eigenvalue weighted by Gasteiger charge is 2.41. The van der Waals surface area contributed by atoms with E-state index < -0.39 is 6.04 Å². The molecule has 6 heteroatoms. The summed E-state index contributed by atoms with van der Waals surface area (Å²) >= 11 is 0. The minimum absolute atomic E-state index is 0.0689. The van der Waals surface area contributed by atoms with Crippen LogP contribution in [-0.4, -0.2) is 40.7 Å². The summed E-state index contributed by atoms with van der Waals surface area (Å²) in [7, 11) is 0. The summed E-state index contributed by atoms with van der Waals surface area (Å²) < 4.78 is 0. The summed E-state index contributed by atoms with van der Waals surface area (Å²) in [5, 5.41) is 2.68. The van der Waals surface area contributed by atoms with E-state index in [9.17, 15) is 14.4 Å². The van der Waals surface area contributed by atoms with Crippen molar-refractivity contribution in [1.82, 2.24) is 10.2 Å². The second-order valence-electron chi connectivity index (χ2n) is 6.08. The minimum Gasteiger partial charge on any atom is -0.344 e. The standard InChI is InChI=1S/C14H23N3O3/c1-8(2)17-13(19)7-11(14(17)20)16-12(18)6-9-4-3-5-10(9)15/h8-11H,3-7,15H2,1-2H3,(H,16,18)/t9-,10+,11?/m0/s1. The molecule has 3 N–H and O–H groups in total. The molecule has 1 heterocycles. The smallest absolute Gasteiger partial charge is 0.252 e. The number of hydrogen-bond donors (Lipinski definition) is 2. The number of nitrogens with two attached hydrogens (primary N) is 1. The Morgan fingerprint density at radius 2 is 2.10 bits per heavy atom. The van der Waals surface area contributed by atoms with Crippen molar-refractivity contribution in [2.75, 3.05) is 0 Å². The average molecular weight is 281 g/mol. The lowest BCUT2D eigenvalue weighted by Crippen LogP contribution is -2.44. The largest absolute Gasteiger partial charge is 0.344 e. The van der Waals surface area contributed by atoms with Gasteiger partial charge in [0.05, 0.1) is 6.42 Å². The molecular formula is C14H23N3O3. The number of rotatable bonds is 4. The number of nitrogens with zero attached hydrogens (tertiary/aromatic N) is 1. The second kappa shape index (κ2) is 5.91. The van der Waals surface area contributed by atoms with Crippen molar-refractivity contribution < 1.29 is 14.4 Å². The fourth-order valence-electron chi connectivity index (χ4n) is 3.12. The quantitative estimate of drug-likeness (QED) is 0.718. The zero-order valence-corrected chi connectivity index (χ0v) is 12.1. The summed E-state index contributed by atoms with van der Waals surface area (Å²) in [6.45, 7) is 3.58. The molecule has 0 bridgehead atoms. The van der Waals surface area contributed by atoms with E-state index in [2.05, 4.69) is 5.32 Å². The third-order valence-corrected chi connectivity index (χ3v) is 4.20. The molecule has 1 aliphatic heterocycles. The van der Waals surface area contributed by atoms with Crippen LogP contribution >= 0.6 is 0 Å². The van der Waals surface area contributed by atoms with Gasteiger partial charge in [-0.05, 0) is 32.6 Å². The molecule has 3 amide bonds. The molecule has 0 aromatic heterocycles. The SMILES string of the molecule is CC(C)N1C(=O)CC(NC(=O)C[C@@H]2CCC[C@H]2N)C1=O. The van der Waals surface area contributed by atoms with Crippen molar-refractivity contribution in [3.8, 4) is 0 Å². The number of likely N-dealkylation sites (tertiary alicyclic amines) is 1. The Hall–Kier alpha value is -1.43. The maximum atomic E-state index is 12.1. The van der Waals surface area contributed by atoms with Gasteiger partial charge in [0, 0.05) is 18.5 Å². The fraction of sp³-hybridized carbons (Fsp3) is 0.786. The van der Waals surface area contributed by atoms with Crippen molar-refractivity contribution in [1.29, 1.82) is 0 Å². The van der Waals surface area contributed by atoms with Crippen LogP contribution < -0.4 is 11.1 Å². The average Bonchev–Trinajstić information content (AvgIpc) is 2.84. The first kappa shape index (κ1) is 15.0. The highest BCUT2D eigenvalue weighted by molar-refractivity contribution is 6.07. The van der Waals surface area contributed by atoms with E-state index >= 15 is 0 Å². The maximum absolute atomic E-state index is 12.1. The molecule has 0 radical (unpaired) electrons. The van der Waals surface area contributed by atoms with E-state index in [0.717, 1.165) is 19.3 Å². The van der Waals surface area contributed by atoms with Gasteiger partial charge in [0.25, 0.3) is 5.91 Å². The van der Waals surface area contributed by atoms with Crippen LogP contribution in [0.3, 0.4) is 0 Å². The molecule has 2 rings (SSSR count). The maximum Gasteiger partial charge on any atom is 0.252 e. The van der Waals surface area contributed by atoms with Crippen LogP contribution in [0.15, 0.2) is 0 Å². The number of hydrogen-bond acceptors (Lipinski definition) is 4. The van der Waals surface area contributed by atoms with Gasteiger partial charge in [-0.1, -0.05) is 6.42 Å². The van der Waals surface area contributed by atoms with Gasteiger partial charge < -0.3 is 11.1 Å². The molecule has 0 aromatic rings. The van der Waals surface area contributed by atoms with Crippen molar-refractivity contribution in [2.45, 2.75) is 64.1 Å². The highest BCUT2D eigenvalue weighted by Crippen LogP contribution is 2.27. The Morgan fingerprint density at radius 3 is 2.60 bits per heavy atom. The van der Waals surface area contributed by atoms with E-state index in [1.54, 1.807) is 13.8 Å². The van der Waals surface area contributed by atoms with Crippen LogP contribution in [-0.2, 0) is 14.4 Å². The van der Waals surface area contributed by atoms with E-state index in [1.165, 1.54) is 4.90 Å². The van der Waals surface area contributed by atoms with Crippen LogP contribution in [0.1, 0.15) is 46.0 Å². The first-order chi connectivity index (χ1) is 9.40. The van der Waals surface area contributed by atoms with E-state index in [4.69, 9.17) is 5.73 Å². The van der Waals surface area contributed by atoms with Gasteiger partial charge in [-0.3, -0.25) is 19.3 Å². The van der Waals surface area contributed by atoms with Gasteiger partial charge in [-0.25, -0.2) is 0 Å². The van der Waals surface area contributed by atoms with Crippen LogP contribution in [0.25, 0.3) is 0 Å². The third-order valence-electron chi connectivity index (χ3n) is 4.20. The molecule has 2 fully saturated rings. The molecule has 112 valence electrons. The topological polar surface area (TPSA) is 92.5 Å². The number of nitrogens with one attached hydrogen (secondary N) is 1. The molecule has 1 aliphatic carbocycles. The summed E-state index contributed by atoms with van der Waals surface area (Å²) in [6, 6.07) is -0.788. The minimum atomic E-state index is -0.699. The van der Waals surface area contributed by atoms with Crippen LogP contribution in [0.2, 0.25) is 0 Å². The lowest BCUT2D eigenvalue weighted by molar-refractivity contribution is -0.141. The Bertz CT molecular complexity index is 422. The molecule has 3 atom stereocenters.